The lowest BCUT2D eigenvalue weighted by atomic mass is 9.84. The van der Waals surface area contributed by atoms with Gasteiger partial charge in [-0.25, -0.2) is 0 Å². The van der Waals surface area contributed by atoms with Crippen LogP contribution >= 0.6 is 11.3 Å². The zero-order valence-corrected chi connectivity index (χ0v) is 21.8. The number of ether oxygens (including phenoxy) is 1. The fraction of sp³-hybridized carbons (Fsp3) is 0.310. The number of carbonyl (C=O) groups excluding carboxylic acids is 2. The van der Waals surface area contributed by atoms with E-state index in [0.29, 0.717) is 17.9 Å². The van der Waals surface area contributed by atoms with Crippen LogP contribution in [0.3, 0.4) is 0 Å². The lowest BCUT2D eigenvalue weighted by molar-refractivity contribution is -0.132. The molecule has 4 rings (SSSR count). The van der Waals surface area contributed by atoms with Crippen molar-refractivity contribution in [3.8, 4) is 5.75 Å². The smallest absolute Gasteiger partial charge is 0.300 e. The summed E-state index contributed by atoms with van der Waals surface area (Å²) in [6.07, 6.45) is 0. The van der Waals surface area contributed by atoms with E-state index in [0.717, 1.165) is 27.3 Å². The number of hydrogen-bond acceptors (Lipinski definition) is 5. The first-order chi connectivity index (χ1) is 16.5. The lowest BCUT2D eigenvalue weighted by Gasteiger charge is -2.26. The molecule has 0 bridgehead atoms. The highest BCUT2D eigenvalue weighted by molar-refractivity contribution is 7.10. The summed E-state index contributed by atoms with van der Waals surface area (Å²) in [4.78, 5) is 29.1. The summed E-state index contributed by atoms with van der Waals surface area (Å²) in [6, 6.07) is 14.2. The van der Waals surface area contributed by atoms with Gasteiger partial charge in [0.25, 0.3) is 11.7 Å². The Bertz CT molecular complexity index is 1310. The van der Waals surface area contributed by atoms with Crippen molar-refractivity contribution in [1.29, 1.82) is 0 Å². The second-order valence-corrected chi connectivity index (χ2v) is 10.8. The standard InChI is InChI=1S/C29H31NO4S/c1-7-34-22-13-10-19(16-21(22)29(4,5)6)25(31)23-24(27-18(3)14-15-35-27)30(28(33)26(23)32)20-11-8-17(2)9-12-20/h8-16,24,31H,7H2,1-6H3/b25-23-. The van der Waals surface area contributed by atoms with Crippen LogP contribution in [0.5, 0.6) is 5.75 Å². The van der Waals surface area contributed by atoms with Crippen LogP contribution in [-0.4, -0.2) is 23.4 Å². The Hall–Kier alpha value is -3.38. The Morgan fingerprint density at radius 1 is 1.06 bits per heavy atom. The van der Waals surface area contributed by atoms with E-state index in [9.17, 15) is 14.7 Å². The van der Waals surface area contributed by atoms with Crippen LogP contribution in [0.1, 0.15) is 60.9 Å². The maximum Gasteiger partial charge on any atom is 0.300 e. The van der Waals surface area contributed by atoms with Gasteiger partial charge in [0.1, 0.15) is 17.6 Å². The molecule has 0 spiro atoms. The average Bonchev–Trinajstić information content (AvgIpc) is 3.34. The highest BCUT2D eigenvalue weighted by atomic mass is 32.1. The van der Waals surface area contributed by atoms with Gasteiger partial charge in [-0.1, -0.05) is 38.5 Å². The second-order valence-electron chi connectivity index (χ2n) is 9.87. The van der Waals surface area contributed by atoms with E-state index in [4.69, 9.17) is 4.74 Å². The van der Waals surface area contributed by atoms with Crippen molar-refractivity contribution in [2.24, 2.45) is 0 Å². The van der Waals surface area contributed by atoms with Gasteiger partial charge in [-0.2, -0.15) is 0 Å². The van der Waals surface area contributed by atoms with Crippen LogP contribution in [-0.2, 0) is 15.0 Å². The number of rotatable bonds is 5. The predicted molar refractivity (Wildman–Crippen MR) is 141 cm³/mol. The minimum absolute atomic E-state index is 0.102. The van der Waals surface area contributed by atoms with E-state index >= 15 is 0 Å². The van der Waals surface area contributed by atoms with E-state index in [1.807, 2.05) is 68.6 Å². The van der Waals surface area contributed by atoms with Crippen molar-refractivity contribution >= 4 is 34.5 Å². The first-order valence-corrected chi connectivity index (χ1v) is 12.6. The maximum absolute atomic E-state index is 13.4. The van der Waals surface area contributed by atoms with Crippen molar-refractivity contribution in [1.82, 2.24) is 0 Å². The summed E-state index contributed by atoms with van der Waals surface area (Å²) < 4.78 is 5.82. The lowest BCUT2D eigenvalue weighted by Crippen LogP contribution is -2.29. The van der Waals surface area contributed by atoms with E-state index < -0.39 is 17.7 Å². The van der Waals surface area contributed by atoms with Gasteiger partial charge >= 0.3 is 0 Å². The van der Waals surface area contributed by atoms with Gasteiger partial charge < -0.3 is 9.84 Å². The highest BCUT2D eigenvalue weighted by Gasteiger charge is 2.48. The number of anilines is 1. The summed E-state index contributed by atoms with van der Waals surface area (Å²) >= 11 is 1.47. The van der Waals surface area contributed by atoms with Crippen LogP contribution in [0.15, 0.2) is 59.5 Å². The van der Waals surface area contributed by atoms with Crippen LogP contribution in [0.2, 0.25) is 0 Å². The average molecular weight is 490 g/mol. The molecule has 1 amide bonds. The maximum atomic E-state index is 13.4. The van der Waals surface area contributed by atoms with Crippen molar-refractivity contribution in [2.45, 2.75) is 53.0 Å². The van der Waals surface area contributed by atoms with E-state index in [1.165, 1.54) is 16.2 Å². The molecule has 1 atom stereocenters. The predicted octanol–water partition coefficient (Wildman–Crippen LogP) is 6.69. The number of nitrogens with zero attached hydrogens (tertiary/aromatic N) is 1. The van der Waals surface area contributed by atoms with Gasteiger partial charge in [0.05, 0.1) is 12.2 Å². The van der Waals surface area contributed by atoms with Gasteiger partial charge in [0, 0.05) is 21.7 Å². The molecule has 0 radical (unpaired) electrons. The van der Waals surface area contributed by atoms with Crippen LogP contribution < -0.4 is 9.64 Å². The number of aliphatic hydroxyl groups excluding tert-OH is 1. The number of aliphatic hydroxyl groups is 1. The van der Waals surface area contributed by atoms with E-state index in [1.54, 1.807) is 6.07 Å². The number of thiophene rings is 1. The monoisotopic (exact) mass is 489 g/mol. The number of benzene rings is 2. The molecule has 0 aliphatic carbocycles. The van der Waals surface area contributed by atoms with Gasteiger partial charge in [0.2, 0.25) is 0 Å². The summed E-state index contributed by atoms with van der Waals surface area (Å²) in [7, 11) is 0. The molecule has 2 heterocycles. The largest absolute Gasteiger partial charge is 0.507 e. The zero-order valence-electron chi connectivity index (χ0n) is 21.0. The molecule has 1 aromatic heterocycles. The Balaban J connectivity index is 1.94. The van der Waals surface area contributed by atoms with E-state index in [2.05, 4.69) is 20.8 Å². The second kappa shape index (κ2) is 9.34. The molecule has 182 valence electrons. The molecule has 1 aliphatic rings. The summed E-state index contributed by atoms with van der Waals surface area (Å²) in [5, 5.41) is 13.5. The summed E-state index contributed by atoms with van der Waals surface area (Å²) in [5.41, 5.74) is 3.89. The van der Waals surface area contributed by atoms with Crippen molar-refractivity contribution in [2.75, 3.05) is 11.5 Å². The molecule has 2 aromatic carbocycles. The molecule has 35 heavy (non-hydrogen) atoms. The number of aryl methyl sites for hydroxylation is 2. The highest BCUT2D eigenvalue weighted by Crippen LogP contribution is 2.45. The molecule has 6 heteroatoms. The van der Waals surface area contributed by atoms with E-state index in [-0.39, 0.29) is 16.7 Å². The minimum atomic E-state index is -0.706. The van der Waals surface area contributed by atoms with Crippen LogP contribution in [0.25, 0.3) is 5.76 Å². The molecule has 3 aromatic rings. The van der Waals surface area contributed by atoms with Gasteiger partial charge in [-0.3, -0.25) is 14.5 Å². The summed E-state index contributed by atoms with van der Waals surface area (Å²) in [6.45, 7) is 12.6. The molecule has 1 saturated heterocycles. The molecular weight excluding hydrogens is 458 g/mol. The van der Waals surface area contributed by atoms with Crippen molar-refractivity contribution in [3.05, 3.63) is 86.6 Å². The molecule has 1 unspecified atom stereocenters. The molecule has 5 nitrogen and oxygen atoms in total. The normalized spacial score (nSPS) is 17.8. The van der Waals surface area contributed by atoms with Crippen LogP contribution in [0, 0.1) is 13.8 Å². The zero-order chi connectivity index (χ0) is 25.5. The quantitative estimate of drug-likeness (QED) is 0.246. The molecule has 1 N–H and O–H groups in total. The SMILES string of the molecule is CCOc1ccc(/C(O)=C2/C(=O)C(=O)N(c3ccc(C)cc3)C2c2sccc2C)cc1C(C)(C)C. The van der Waals surface area contributed by atoms with Gasteiger partial charge in [0.15, 0.2) is 0 Å². The molecule has 1 aliphatic heterocycles. The third-order valence-corrected chi connectivity index (χ3v) is 7.34. The first-order valence-electron chi connectivity index (χ1n) is 11.7. The molecule has 1 fully saturated rings. The van der Waals surface area contributed by atoms with Gasteiger partial charge in [-0.05, 0) is 73.5 Å². The number of carbonyl (C=O) groups is 2. The number of ketones is 1. The Morgan fingerprint density at radius 3 is 2.31 bits per heavy atom. The number of amides is 1. The number of hydrogen-bond donors (Lipinski definition) is 1. The Labute approximate surface area is 210 Å². The Morgan fingerprint density at radius 2 is 1.74 bits per heavy atom. The fourth-order valence-electron chi connectivity index (χ4n) is 4.42. The van der Waals surface area contributed by atoms with Crippen molar-refractivity contribution in [3.63, 3.8) is 0 Å². The summed E-state index contributed by atoms with van der Waals surface area (Å²) in [5.74, 6) is -0.770. The Kier molecular flexibility index (Phi) is 6.60. The molecular formula is C29H31NO4S. The topological polar surface area (TPSA) is 66.8 Å². The first kappa shape index (κ1) is 24.7. The number of Topliss-reactive ketones (excluding diaryl/α,β-unsaturated/α-hetero) is 1. The van der Waals surface area contributed by atoms with Crippen LogP contribution in [0.4, 0.5) is 5.69 Å². The molecule has 0 saturated carbocycles. The third kappa shape index (κ3) is 4.50. The van der Waals surface area contributed by atoms with Crippen molar-refractivity contribution < 1.29 is 19.4 Å². The third-order valence-electron chi connectivity index (χ3n) is 6.27. The van der Waals surface area contributed by atoms with Gasteiger partial charge in [-0.15, -0.1) is 11.3 Å². The minimum Gasteiger partial charge on any atom is -0.507 e. The fourth-order valence-corrected chi connectivity index (χ4v) is 5.44.